The van der Waals surface area contributed by atoms with Crippen molar-refractivity contribution in [2.24, 2.45) is 0 Å². The van der Waals surface area contributed by atoms with Crippen LogP contribution in [0.3, 0.4) is 0 Å². The molecule has 0 aliphatic heterocycles. The van der Waals surface area contributed by atoms with Crippen LogP contribution in [0.25, 0.3) is 0 Å². The van der Waals surface area contributed by atoms with E-state index < -0.39 is 17.8 Å². The minimum atomic E-state index is -4.62. The van der Waals surface area contributed by atoms with Crippen molar-refractivity contribution in [3.63, 3.8) is 0 Å². The van der Waals surface area contributed by atoms with Gasteiger partial charge >= 0.3 is 12.2 Å². The summed E-state index contributed by atoms with van der Waals surface area (Å²) in [5.41, 5.74) is -0.447. The van der Waals surface area contributed by atoms with Crippen LogP contribution in [0.4, 0.5) is 23.7 Å². The molecular formula is C16H13Cl2F3N2O. The van der Waals surface area contributed by atoms with Crippen LogP contribution in [-0.2, 0) is 12.6 Å². The number of anilines is 1. The van der Waals surface area contributed by atoms with Crippen LogP contribution < -0.4 is 10.6 Å². The predicted octanol–water partition coefficient (Wildman–Crippen LogP) is 5.38. The van der Waals surface area contributed by atoms with Gasteiger partial charge in [-0.3, -0.25) is 0 Å². The topological polar surface area (TPSA) is 41.1 Å². The van der Waals surface area contributed by atoms with Gasteiger partial charge in [0, 0.05) is 16.6 Å². The van der Waals surface area contributed by atoms with Gasteiger partial charge in [-0.1, -0.05) is 35.3 Å². The van der Waals surface area contributed by atoms with Crippen molar-refractivity contribution in [1.29, 1.82) is 0 Å². The third-order valence-corrected chi connectivity index (χ3v) is 3.59. The fourth-order valence-corrected chi connectivity index (χ4v) is 2.42. The van der Waals surface area contributed by atoms with E-state index in [4.69, 9.17) is 23.2 Å². The van der Waals surface area contributed by atoms with Crippen molar-refractivity contribution >= 4 is 34.9 Å². The van der Waals surface area contributed by atoms with Gasteiger partial charge in [-0.05, 0) is 42.3 Å². The van der Waals surface area contributed by atoms with Crippen LogP contribution in [0.1, 0.15) is 11.1 Å². The van der Waals surface area contributed by atoms with Crippen LogP contribution in [0.2, 0.25) is 10.0 Å². The molecule has 0 atom stereocenters. The number of nitrogens with one attached hydrogen (secondary N) is 2. The normalized spacial score (nSPS) is 11.2. The first-order chi connectivity index (χ1) is 11.3. The maximum Gasteiger partial charge on any atom is 0.418 e. The average molecular weight is 377 g/mol. The van der Waals surface area contributed by atoms with Crippen molar-refractivity contribution in [1.82, 2.24) is 5.32 Å². The Morgan fingerprint density at radius 1 is 1.04 bits per heavy atom. The number of halogens is 5. The van der Waals surface area contributed by atoms with E-state index >= 15 is 0 Å². The Bertz CT molecular complexity index is 736. The maximum atomic E-state index is 12.9. The summed E-state index contributed by atoms with van der Waals surface area (Å²) in [6.07, 6.45) is -4.12. The Morgan fingerprint density at radius 3 is 2.42 bits per heavy atom. The summed E-state index contributed by atoms with van der Waals surface area (Å²) in [7, 11) is 0. The monoisotopic (exact) mass is 376 g/mol. The number of hydrogen-bond acceptors (Lipinski definition) is 1. The summed E-state index contributed by atoms with van der Waals surface area (Å²) in [6, 6.07) is 9.52. The minimum Gasteiger partial charge on any atom is -0.338 e. The molecule has 2 N–H and O–H groups in total. The Morgan fingerprint density at radius 2 is 1.75 bits per heavy atom. The summed E-state index contributed by atoms with van der Waals surface area (Å²) >= 11 is 11.4. The van der Waals surface area contributed by atoms with Crippen molar-refractivity contribution in [2.75, 3.05) is 11.9 Å². The van der Waals surface area contributed by atoms with Crippen molar-refractivity contribution in [3.05, 3.63) is 63.6 Å². The second kappa shape index (κ2) is 7.77. The van der Waals surface area contributed by atoms with Crippen LogP contribution in [-0.4, -0.2) is 12.6 Å². The van der Waals surface area contributed by atoms with Crippen molar-refractivity contribution < 1.29 is 18.0 Å². The van der Waals surface area contributed by atoms with Gasteiger partial charge in [0.25, 0.3) is 0 Å². The summed E-state index contributed by atoms with van der Waals surface area (Å²) < 4.78 is 38.8. The van der Waals surface area contributed by atoms with E-state index in [-0.39, 0.29) is 17.3 Å². The number of amides is 2. The van der Waals surface area contributed by atoms with E-state index in [0.717, 1.165) is 17.7 Å². The standard InChI is InChI=1S/C16H13Cl2F3N2O/c17-11-3-1-2-10(8-11)6-7-22-15(24)23-14-5-4-12(18)9-13(14)16(19,20)21/h1-5,8-9H,6-7H2,(H2,22,23,24). The Labute approximate surface area is 146 Å². The molecule has 24 heavy (non-hydrogen) atoms. The first kappa shape index (κ1) is 18.4. The van der Waals surface area contributed by atoms with E-state index in [9.17, 15) is 18.0 Å². The van der Waals surface area contributed by atoms with Gasteiger partial charge in [-0.15, -0.1) is 0 Å². The van der Waals surface area contributed by atoms with Crippen LogP contribution in [0.15, 0.2) is 42.5 Å². The number of carbonyl (C=O) groups is 1. The highest BCUT2D eigenvalue weighted by Gasteiger charge is 2.34. The zero-order valence-corrected chi connectivity index (χ0v) is 13.8. The fraction of sp³-hybridized carbons (Fsp3) is 0.188. The SMILES string of the molecule is O=C(NCCc1cccc(Cl)c1)Nc1ccc(Cl)cc1C(F)(F)F. The lowest BCUT2D eigenvalue weighted by Gasteiger charge is -2.14. The zero-order valence-electron chi connectivity index (χ0n) is 12.3. The summed E-state index contributed by atoms with van der Waals surface area (Å²) in [5, 5.41) is 5.20. The molecule has 0 saturated carbocycles. The summed E-state index contributed by atoms with van der Waals surface area (Å²) in [5.74, 6) is 0. The molecule has 0 bridgehead atoms. The van der Waals surface area contributed by atoms with Gasteiger partial charge in [0.05, 0.1) is 11.3 Å². The molecule has 2 rings (SSSR count). The van der Waals surface area contributed by atoms with Gasteiger partial charge in [-0.25, -0.2) is 4.79 Å². The molecule has 0 aliphatic carbocycles. The second-order valence-corrected chi connectivity index (χ2v) is 5.82. The van der Waals surface area contributed by atoms with Gasteiger partial charge in [0.1, 0.15) is 0 Å². The van der Waals surface area contributed by atoms with Crippen molar-refractivity contribution in [3.8, 4) is 0 Å². The molecule has 0 heterocycles. The third kappa shape index (κ3) is 5.32. The molecular weight excluding hydrogens is 364 g/mol. The molecule has 128 valence electrons. The molecule has 0 radical (unpaired) electrons. The van der Waals surface area contributed by atoms with E-state index in [1.807, 2.05) is 6.07 Å². The first-order valence-electron chi connectivity index (χ1n) is 6.92. The van der Waals surface area contributed by atoms with E-state index in [1.165, 1.54) is 6.07 Å². The summed E-state index contributed by atoms with van der Waals surface area (Å²) in [6.45, 7) is 0.251. The van der Waals surface area contributed by atoms with E-state index in [0.29, 0.717) is 11.4 Å². The molecule has 0 saturated heterocycles. The highest BCUT2D eigenvalue weighted by Crippen LogP contribution is 2.36. The quantitative estimate of drug-likeness (QED) is 0.739. The van der Waals surface area contributed by atoms with E-state index in [2.05, 4.69) is 10.6 Å². The number of benzene rings is 2. The fourth-order valence-electron chi connectivity index (χ4n) is 2.04. The van der Waals surface area contributed by atoms with Gasteiger partial charge in [0.2, 0.25) is 0 Å². The van der Waals surface area contributed by atoms with Crippen LogP contribution in [0, 0.1) is 0 Å². The largest absolute Gasteiger partial charge is 0.418 e. The summed E-state index contributed by atoms with van der Waals surface area (Å²) in [4.78, 5) is 11.8. The molecule has 0 unspecified atom stereocenters. The average Bonchev–Trinajstić information content (AvgIpc) is 2.48. The highest BCUT2D eigenvalue weighted by atomic mass is 35.5. The number of carbonyl (C=O) groups excluding carboxylic acids is 1. The lowest BCUT2D eigenvalue weighted by molar-refractivity contribution is -0.136. The number of hydrogen-bond donors (Lipinski definition) is 2. The number of alkyl halides is 3. The third-order valence-electron chi connectivity index (χ3n) is 3.12. The van der Waals surface area contributed by atoms with Gasteiger partial charge in [-0.2, -0.15) is 13.2 Å². The lowest BCUT2D eigenvalue weighted by atomic mass is 10.1. The number of rotatable bonds is 4. The molecule has 2 aromatic carbocycles. The highest BCUT2D eigenvalue weighted by molar-refractivity contribution is 6.31. The van der Waals surface area contributed by atoms with Crippen LogP contribution >= 0.6 is 23.2 Å². The molecule has 0 spiro atoms. The zero-order chi connectivity index (χ0) is 17.7. The minimum absolute atomic E-state index is 0.0609. The number of urea groups is 1. The van der Waals surface area contributed by atoms with Gasteiger partial charge in [0.15, 0.2) is 0 Å². The smallest absolute Gasteiger partial charge is 0.338 e. The second-order valence-electron chi connectivity index (χ2n) is 4.95. The predicted molar refractivity (Wildman–Crippen MR) is 88.6 cm³/mol. The lowest BCUT2D eigenvalue weighted by Crippen LogP contribution is -2.31. The molecule has 2 amide bonds. The van der Waals surface area contributed by atoms with E-state index in [1.54, 1.807) is 18.2 Å². The Hall–Kier alpha value is -1.92. The molecule has 8 heteroatoms. The molecule has 3 nitrogen and oxygen atoms in total. The molecule has 0 fully saturated rings. The first-order valence-corrected chi connectivity index (χ1v) is 7.67. The van der Waals surface area contributed by atoms with Gasteiger partial charge < -0.3 is 10.6 Å². The molecule has 0 aromatic heterocycles. The maximum absolute atomic E-state index is 12.9. The molecule has 2 aromatic rings. The molecule has 0 aliphatic rings. The van der Waals surface area contributed by atoms with Crippen LogP contribution in [0.5, 0.6) is 0 Å². The van der Waals surface area contributed by atoms with Crippen molar-refractivity contribution in [2.45, 2.75) is 12.6 Å². The Kier molecular flexibility index (Phi) is 5.96. The Balaban J connectivity index is 1.95.